The van der Waals surface area contributed by atoms with Crippen molar-refractivity contribution in [1.29, 1.82) is 0 Å². The number of nitrogens with zero attached hydrogens (tertiary/aromatic N) is 2. The Balaban J connectivity index is 1.72. The lowest BCUT2D eigenvalue weighted by Gasteiger charge is -2.31. The minimum absolute atomic E-state index is 0.0205. The lowest BCUT2D eigenvalue weighted by Crippen LogP contribution is -2.20. The minimum Gasteiger partial charge on any atom is -0.340 e. The van der Waals surface area contributed by atoms with Gasteiger partial charge in [0.05, 0.1) is 22.8 Å². The summed E-state index contributed by atoms with van der Waals surface area (Å²) in [5.74, 6) is 0.474. The molecular formula is C17H15N3OS2. The topological polar surface area (TPSA) is 44.7 Å². The van der Waals surface area contributed by atoms with Gasteiger partial charge in [0.1, 0.15) is 0 Å². The van der Waals surface area contributed by atoms with Crippen molar-refractivity contribution in [1.82, 2.24) is 5.32 Å². The van der Waals surface area contributed by atoms with Gasteiger partial charge in [0.25, 0.3) is 0 Å². The summed E-state index contributed by atoms with van der Waals surface area (Å²) in [6.45, 7) is 3.08. The average Bonchev–Trinajstić information content (AvgIpc) is 2.97. The summed E-state index contributed by atoms with van der Waals surface area (Å²) in [4.78, 5) is 20.6. The van der Waals surface area contributed by atoms with E-state index in [1.165, 1.54) is 32.9 Å². The first kappa shape index (κ1) is 14.7. The van der Waals surface area contributed by atoms with Crippen molar-refractivity contribution in [2.45, 2.75) is 16.7 Å². The van der Waals surface area contributed by atoms with E-state index in [0.29, 0.717) is 10.9 Å². The molecule has 0 radical (unpaired) electrons. The maximum atomic E-state index is 11.3. The van der Waals surface area contributed by atoms with Crippen LogP contribution in [0.5, 0.6) is 0 Å². The van der Waals surface area contributed by atoms with Crippen LogP contribution in [0.1, 0.15) is 6.92 Å². The van der Waals surface area contributed by atoms with Crippen molar-refractivity contribution >= 4 is 51.7 Å². The smallest absolute Gasteiger partial charge is 0.236 e. The second-order valence-electron chi connectivity index (χ2n) is 5.22. The van der Waals surface area contributed by atoms with Gasteiger partial charge in [-0.2, -0.15) is 0 Å². The lowest BCUT2D eigenvalue weighted by atomic mass is 10.2. The predicted octanol–water partition coefficient (Wildman–Crippen LogP) is 4.16. The molecule has 2 aliphatic rings. The SMILES string of the molecule is CCN1c2ccccc2Sc2cc(N=C3NC(=O)CS3)ccc21. The molecule has 2 aliphatic heterocycles. The third-order valence-electron chi connectivity index (χ3n) is 3.74. The molecule has 1 saturated heterocycles. The minimum atomic E-state index is 0.0205. The van der Waals surface area contributed by atoms with Crippen LogP contribution in [0.25, 0.3) is 0 Å². The Kier molecular flexibility index (Phi) is 3.79. The molecule has 1 N–H and O–H groups in total. The van der Waals surface area contributed by atoms with Crippen molar-refractivity contribution in [3.63, 3.8) is 0 Å². The van der Waals surface area contributed by atoms with Crippen LogP contribution < -0.4 is 10.2 Å². The molecule has 0 saturated carbocycles. The van der Waals surface area contributed by atoms with Crippen LogP contribution in [0.2, 0.25) is 0 Å². The molecule has 1 fully saturated rings. The number of carbonyl (C=O) groups is 1. The number of thioether (sulfide) groups is 1. The fraction of sp³-hybridized carbons (Fsp3) is 0.176. The molecular weight excluding hydrogens is 326 g/mol. The van der Waals surface area contributed by atoms with E-state index < -0.39 is 0 Å². The summed E-state index contributed by atoms with van der Waals surface area (Å²) in [6.07, 6.45) is 0. The van der Waals surface area contributed by atoms with Crippen LogP contribution in [-0.4, -0.2) is 23.4 Å². The van der Waals surface area contributed by atoms with Gasteiger partial charge < -0.3 is 10.2 Å². The van der Waals surface area contributed by atoms with Gasteiger partial charge in [-0.3, -0.25) is 4.79 Å². The maximum Gasteiger partial charge on any atom is 0.236 e. The zero-order chi connectivity index (χ0) is 15.8. The first-order valence-corrected chi connectivity index (χ1v) is 9.24. The Labute approximate surface area is 143 Å². The highest BCUT2D eigenvalue weighted by atomic mass is 32.2. The summed E-state index contributed by atoms with van der Waals surface area (Å²) in [5, 5.41) is 3.46. The van der Waals surface area contributed by atoms with Crippen LogP contribution in [0.4, 0.5) is 17.1 Å². The van der Waals surface area contributed by atoms with Gasteiger partial charge in [-0.1, -0.05) is 35.7 Å². The van der Waals surface area contributed by atoms with Crippen molar-refractivity contribution in [2.75, 3.05) is 17.2 Å². The molecule has 0 spiro atoms. The summed E-state index contributed by atoms with van der Waals surface area (Å²) in [7, 11) is 0. The first-order chi connectivity index (χ1) is 11.2. The highest BCUT2D eigenvalue weighted by molar-refractivity contribution is 8.15. The van der Waals surface area contributed by atoms with E-state index in [0.717, 1.165) is 12.2 Å². The summed E-state index contributed by atoms with van der Waals surface area (Å²) < 4.78 is 0. The molecule has 23 heavy (non-hydrogen) atoms. The second kappa shape index (κ2) is 5.94. The molecule has 4 nitrogen and oxygen atoms in total. The molecule has 1 amide bonds. The van der Waals surface area contributed by atoms with Gasteiger partial charge in [-0.15, -0.1) is 0 Å². The number of amides is 1. The van der Waals surface area contributed by atoms with Gasteiger partial charge in [0.15, 0.2) is 5.17 Å². The van der Waals surface area contributed by atoms with E-state index in [2.05, 4.69) is 58.5 Å². The molecule has 0 unspecified atom stereocenters. The van der Waals surface area contributed by atoms with Crippen molar-refractivity contribution in [2.24, 2.45) is 4.99 Å². The van der Waals surface area contributed by atoms with Crippen molar-refractivity contribution in [3.8, 4) is 0 Å². The van der Waals surface area contributed by atoms with E-state index >= 15 is 0 Å². The predicted molar refractivity (Wildman–Crippen MR) is 97.4 cm³/mol. The number of anilines is 2. The van der Waals surface area contributed by atoms with Crippen molar-refractivity contribution in [3.05, 3.63) is 42.5 Å². The van der Waals surface area contributed by atoms with Crippen LogP contribution in [-0.2, 0) is 4.79 Å². The molecule has 0 bridgehead atoms. The monoisotopic (exact) mass is 341 g/mol. The molecule has 0 atom stereocenters. The van der Waals surface area contributed by atoms with E-state index in [4.69, 9.17) is 0 Å². The molecule has 2 aromatic rings. The van der Waals surface area contributed by atoms with E-state index in [9.17, 15) is 4.79 Å². The number of rotatable bonds is 2. The fourth-order valence-corrected chi connectivity index (χ4v) is 4.56. The number of benzene rings is 2. The second-order valence-corrected chi connectivity index (χ2v) is 7.27. The Bertz CT molecular complexity index is 819. The van der Waals surface area contributed by atoms with Gasteiger partial charge in [0.2, 0.25) is 5.91 Å². The van der Waals surface area contributed by atoms with Gasteiger partial charge in [-0.05, 0) is 37.3 Å². The van der Waals surface area contributed by atoms with Crippen LogP contribution in [0.15, 0.2) is 57.2 Å². The van der Waals surface area contributed by atoms with E-state index in [-0.39, 0.29) is 5.91 Å². The first-order valence-electron chi connectivity index (χ1n) is 7.44. The van der Waals surface area contributed by atoms with Crippen LogP contribution >= 0.6 is 23.5 Å². The fourth-order valence-electron chi connectivity index (χ4n) is 2.74. The molecule has 116 valence electrons. The van der Waals surface area contributed by atoms with E-state index in [1.807, 2.05) is 6.07 Å². The summed E-state index contributed by atoms with van der Waals surface area (Å²) in [6, 6.07) is 14.7. The highest BCUT2D eigenvalue weighted by Crippen LogP contribution is 2.48. The molecule has 6 heteroatoms. The lowest BCUT2D eigenvalue weighted by molar-refractivity contribution is -0.116. The number of nitrogens with one attached hydrogen (secondary N) is 1. The van der Waals surface area contributed by atoms with Crippen LogP contribution in [0.3, 0.4) is 0 Å². The molecule has 4 rings (SSSR count). The zero-order valence-corrected chi connectivity index (χ0v) is 14.2. The number of aliphatic imine (C=N–C) groups is 1. The quantitative estimate of drug-likeness (QED) is 0.891. The third-order valence-corrected chi connectivity index (χ3v) is 5.73. The van der Waals surface area contributed by atoms with Gasteiger partial charge >= 0.3 is 0 Å². The molecule has 0 aromatic heterocycles. The Morgan fingerprint density at radius 1 is 1.17 bits per heavy atom. The highest BCUT2D eigenvalue weighted by Gasteiger charge is 2.22. The third kappa shape index (κ3) is 2.72. The number of hydrogen-bond acceptors (Lipinski definition) is 5. The molecule has 0 aliphatic carbocycles. The summed E-state index contributed by atoms with van der Waals surface area (Å²) >= 11 is 3.22. The zero-order valence-electron chi connectivity index (χ0n) is 12.6. The number of amidine groups is 1. The van der Waals surface area contributed by atoms with Crippen LogP contribution in [0, 0.1) is 0 Å². The van der Waals surface area contributed by atoms with E-state index in [1.54, 1.807) is 11.8 Å². The number of fused-ring (bicyclic) bond motifs is 2. The number of hydrogen-bond donors (Lipinski definition) is 1. The van der Waals surface area contributed by atoms with Gasteiger partial charge in [-0.25, -0.2) is 4.99 Å². The number of para-hydroxylation sites is 1. The standard InChI is InChI=1S/C17H15N3OS2/c1-2-20-12-5-3-4-6-14(12)23-15-9-11(7-8-13(15)20)18-17-19-16(21)10-22-17/h3-9H,2,10H2,1H3,(H,18,19,21). The van der Waals surface area contributed by atoms with Gasteiger partial charge in [0, 0.05) is 16.3 Å². The Morgan fingerprint density at radius 2 is 2.00 bits per heavy atom. The average molecular weight is 341 g/mol. The molecule has 2 aromatic carbocycles. The Hall–Kier alpha value is -1.92. The van der Waals surface area contributed by atoms with Crippen molar-refractivity contribution < 1.29 is 4.79 Å². The maximum absolute atomic E-state index is 11.3. The Morgan fingerprint density at radius 3 is 2.78 bits per heavy atom. The number of carbonyl (C=O) groups excluding carboxylic acids is 1. The largest absolute Gasteiger partial charge is 0.340 e. The summed E-state index contributed by atoms with van der Waals surface area (Å²) in [5.41, 5.74) is 3.34. The normalized spacial score (nSPS) is 17.9. The molecule has 2 heterocycles.